The summed E-state index contributed by atoms with van der Waals surface area (Å²) in [6.45, 7) is 0. The van der Waals surface area contributed by atoms with Crippen molar-refractivity contribution in [1.82, 2.24) is 4.57 Å². The minimum atomic E-state index is -2.73. The van der Waals surface area contributed by atoms with Crippen LogP contribution in [-0.4, -0.2) is 17.6 Å². The van der Waals surface area contributed by atoms with Gasteiger partial charge in [0.25, 0.3) is 12.0 Å². The van der Waals surface area contributed by atoms with Crippen LogP contribution in [0.3, 0.4) is 0 Å². The third kappa shape index (κ3) is 2.75. The first-order valence-corrected chi connectivity index (χ1v) is 7.55. The fourth-order valence-electron chi connectivity index (χ4n) is 2.75. The van der Waals surface area contributed by atoms with Gasteiger partial charge in [-0.25, -0.2) is 13.6 Å². The molecular formula is C18H15F2N3O3. The summed E-state index contributed by atoms with van der Waals surface area (Å²) in [6.07, 6.45) is -2.73. The van der Waals surface area contributed by atoms with Gasteiger partial charge in [0.2, 0.25) is 0 Å². The molecule has 6 nitrogen and oxygen atoms in total. The van der Waals surface area contributed by atoms with Crippen LogP contribution in [0.5, 0.6) is 0 Å². The summed E-state index contributed by atoms with van der Waals surface area (Å²) in [7, 11) is 1.12. The normalized spacial score (nSPS) is 11.1. The second kappa shape index (κ2) is 6.47. The van der Waals surface area contributed by atoms with Crippen molar-refractivity contribution in [2.24, 2.45) is 0 Å². The summed E-state index contributed by atoms with van der Waals surface area (Å²) in [4.78, 5) is 25.0. The van der Waals surface area contributed by atoms with Crippen molar-refractivity contribution in [3.05, 3.63) is 63.9 Å². The van der Waals surface area contributed by atoms with Crippen molar-refractivity contribution in [3.63, 3.8) is 0 Å². The van der Waals surface area contributed by atoms with Gasteiger partial charge >= 0.3 is 5.97 Å². The second-order valence-electron chi connectivity index (χ2n) is 5.59. The van der Waals surface area contributed by atoms with Gasteiger partial charge in [-0.15, -0.1) is 0 Å². The number of carbonyl (C=O) groups excluding carboxylic acids is 1. The Morgan fingerprint density at radius 2 is 1.77 bits per heavy atom. The number of hydrogen-bond acceptors (Lipinski definition) is 5. The Morgan fingerprint density at radius 3 is 2.35 bits per heavy atom. The molecule has 8 heteroatoms. The van der Waals surface area contributed by atoms with Gasteiger partial charge < -0.3 is 16.2 Å². The zero-order valence-corrected chi connectivity index (χ0v) is 13.7. The van der Waals surface area contributed by atoms with Crippen LogP contribution >= 0.6 is 0 Å². The van der Waals surface area contributed by atoms with Crippen molar-refractivity contribution in [1.29, 1.82) is 0 Å². The predicted octanol–water partition coefficient (Wildman–Crippen LogP) is 2.88. The molecule has 0 radical (unpaired) electrons. The minimum absolute atomic E-state index is 0.121. The number of rotatable bonds is 3. The number of hydrogen-bond donors (Lipinski definition) is 2. The average Bonchev–Trinajstić information content (AvgIpc) is 2.62. The first-order chi connectivity index (χ1) is 12.3. The van der Waals surface area contributed by atoms with Gasteiger partial charge in [-0.1, -0.05) is 12.1 Å². The summed E-state index contributed by atoms with van der Waals surface area (Å²) in [6, 6.07) is 9.92. The van der Waals surface area contributed by atoms with Crippen LogP contribution in [0.25, 0.3) is 16.6 Å². The maximum atomic E-state index is 13.1. The Balaban J connectivity index is 2.48. The topological polar surface area (TPSA) is 100 Å². The Kier molecular flexibility index (Phi) is 4.33. The van der Waals surface area contributed by atoms with Gasteiger partial charge in [0.15, 0.2) is 0 Å². The molecule has 4 N–H and O–H groups in total. The SMILES string of the molecule is COC(=O)c1c(N)c2ccc(C(F)F)cc2n(-c2ccc(N)cc2)c1=O. The van der Waals surface area contributed by atoms with E-state index in [-0.39, 0.29) is 27.7 Å². The summed E-state index contributed by atoms with van der Waals surface area (Å²) < 4.78 is 32.1. The number of nitrogen functional groups attached to an aromatic ring is 2. The van der Waals surface area contributed by atoms with Gasteiger partial charge in [-0.3, -0.25) is 9.36 Å². The van der Waals surface area contributed by atoms with Gasteiger partial charge in [0, 0.05) is 22.3 Å². The Hall–Kier alpha value is -3.42. The molecular weight excluding hydrogens is 344 g/mol. The quantitative estimate of drug-likeness (QED) is 0.553. The van der Waals surface area contributed by atoms with E-state index >= 15 is 0 Å². The van der Waals surface area contributed by atoms with Crippen LogP contribution in [-0.2, 0) is 4.74 Å². The van der Waals surface area contributed by atoms with Crippen LogP contribution in [0, 0.1) is 0 Å². The third-order valence-corrected chi connectivity index (χ3v) is 4.03. The molecule has 1 aromatic heterocycles. The van der Waals surface area contributed by atoms with Crippen LogP contribution < -0.4 is 17.0 Å². The lowest BCUT2D eigenvalue weighted by Crippen LogP contribution is -2.28. The lowest BCUT2D eigenvalue weighted by atomic mass is 10.1. The zero-order valence-electron chi connectivity index (χ0n) is 13.7. The van der Waals surface area contributed by atoms with Gasteiger partial charge in [0.05, 0.1) is 18.3 Å². The van der Waals surface area contributed by atoms with Crippen LogP contribution in [0.15, 0.2) is 47.3 Å². The number of pyridine rings is 1. The number of nitrogens with two attached hydrogens (primary N) is 2. The van der Waals surface area contributed by atoms with Crippen molar-refractivity contribution >= 4 is 28.2 Å². The smallest absolute Gasteiger partial charge is 0.345 e. The first-order valence-electron chi connectivity index (χ1n) is 7.55. The fourth-order valence-corrected chi connectivity index (χ4v) is 2.75. The van der Waals surface area contributed by atoms with Crippen molar-refractivity contribution in [2.45, 2.75) is 6.43 Å². The van der Waals surface area contributed by atoms with Crippen molar-refractivity contribution in [3.8, 4) is 5.69 Å². The molecule has 3 aromatic rings. The number of benzene rings is 2. The van der Waals surface area contributed by atoms with Crippen molar-refractivity contribution in [2.75, 3.05) is 18.6 Å². The van der Waals surface area contributed by atoms with E-state index in [0.717, 1.165) is 11.7 Å². The average molecular weight is 359 g/mol. The molecule has 0 fully saturated rings. The highest BCUT2D eigenvalue weighted by Gasteiger charge is 2.23. The van der Waals surface area contributed by atoms with E-state index in [2.05, 4.69) is 4.74 Å². The summed E-state index contributed by atoms with van der Waals surface area (Å²) >= 11 is 0. The fraction of sp³-hybridized carbons (Fsp3) is 0.111. The van der Waals surface area contributed by atoms with Gasteiger partial charge in [0.1, 0.15) is 5.56 Å². The lowest BCUT2D eigenvalue weighted by Gasteiger charge is -2.16. The zero-order chi connectivity index (χ0) is 19.0. The number of carbonyl (C=O) groups is 1. The standard InChI is InChI=1S/C18H15F2N3O3/c1-26-18(25)14-15(22)12-7-2-9(16(19)20)8-13(12)23(17(14)24)11-5-3-10(21)4-6-11/h2-8,16H,21-22H2,1H3. The number of nitrogens with zero attached hydrogens (tertiary/aromatic N) is 1. The summed E-state index contributed by atoms with van der Waals surface area (Å²) in [5.74, 6) is -0.906. The van der Waals surface area contributed by atoms with Crippen LogP contribution in [0.4, 0.5) is 20.2 Å². The molecule has 26 heavy (non-hydrogen) atoms. The highest BCUT2D eigenvalue weighted by Crippen LogP contribution is 2.29. The molecule has 0 bridgehead atoms. The highest BCUT2D eigenvalue weighted by molar-refractivity contribution is 6.04. The number of esters is 1. The summed E-state index contributed by atoms with van der Waals surface area (Å²) in [5, 5.41) is 0.284. The molecule has 0 aliphatic carbocycles. The number of halogens is 2. The molecule has 0 spiro atoms. The van der Waals surface area contributed by atoms with Gasteiger partial charge in [-0.2, -0.15) is 0 Å². The number of alkyl halides is 2. The van der Waals surface area contributed by atoms with E-state index in [1.54, 1.807) is 24.3 Å². The predicted molar refractivity (Wildman–Crippen MR) is 94.7 cm³/mol. The van der Waals surface area contributed by atoms with Crippen LogP contribution in [0.2, 0.25) is 0 Å². The first kappa shape index (κ1) is 17.4. The van der Waals surface area contributed by atoms with E-state index in [9.17, 15) is 18.4 Å². The molecule has 3 rings (SSSR count). The molecule has 0 amide bonds. The second-order valence-corrected chi connectivity index (χ2v) is 5.59. The van der Waals surface area contributed by atoms with Crippen molar-refractivity contribution < 1.29 is 18.3 Å². The Labute approximate surface area is 146 Å². The maximum absolute atomic E-state index is 13.1. The largest absolute Gasteiger partial charge is 0.465 e. The van der Waals surface area contributed by atoms with E-state index in [4.69, 9.17) is 11.5 Å². The third-order valence-electron chi connectivity index (χ3n) is 4.03. The maximum Gasteiger partial charge on any atom is 0.345 e. The number of fused-ring (bicyclic) bond motifs is 1. The number of anilines is 2. The molecule has 1 heterocycles. The Bertz CT molecular complexity index is 1060. The lowest BCUT2D eigenvalue weighted by molar-refractivity contribution is 0.0600. The minimum Gasteiger partial charge on any atom is -0.465 e. The molecule has 0 atom stereocenters. The van der Waals surface area contributed by atoms with Crippen LogP contribution in [0.1, 0.15) is 22.3 Å². The number of methoxy groups -OCH3 is 1. The molecule has 0 saturated heterocycles. The van der Waals surface area contributed by atoms with E-state index in [1.165, 1.54) is 18.2 Å². The highest BCUT2D eigenvalue weighted by atomic mass is 19.3. The molecule has 2 aromatic carbocycles. The van der Waals surface area contributed by atoms with E-state index < -0.39 is 18.0 Å². The molecule has 0 aliphatic heterocycles. The van der Waals surface area contributed by atoms with E-state index in [1.807, 2.05) is 0 Å². The van der Waals surface area contributed by atoms with E-state index in [0.29, 0.717) is 11.4 Å². The molecule has 134 valence electrons. The summed E-state index contributed by atoms with van der Waals surface area (Å²) in [5.41, 5.74) is 11.1. The molecule has 0 aliphatic rings. The number of ether oxygens (including phenoxy) is 1. The molecule has 0 saturated carbocycles. The monoisotopic (exact) mass is 359 g/mol. The van der Waals surface area contributed by atoms with Gasteiger partial charge in [-0.05, 0) is 30.3 Å². The number of aromatic nitrogens is 1. The molecule has 0 unspecified atom stereocenters. The Morgan fingerprint density at radius 1 is 1.12 bits per heavy atom.